The summed E-state index contributed by atoms with van der Waals surface area (Å²) >= 11 is 0. The Morgan fingerprint density at radius 2 is 2.27 bits per heavy atom. The first-order valence-electron chi connectivity index (χ1n) is 3.91. The molecule has 0 fully saturated rings. The van der Waals surface area contributed by atoms with Crippen molar-refractivity contribution < 1.29 is 19.4 Å². The lowest BCUT2D eigenvalue weighted by molar-refractivity contribution is -0.143. The lowest BCUT2D eigenvalue weighted by Gasteiger charge is -1.99. The fourth-order valence-corrected chi connectivity index (χ4v) is 0.726. The lowest BCUT2D eigenvalue weighted by atomic mass is 10.6. The van der Waals surface area contributed by atoms with Gasteiger partial charge >= 0.3 is 5.97 Å². The molecule has 82 valence electrons. The van der Waals surface area contributed by atoms with Crippen LogP contribution in [0.5, 0.6) is 0 Å². The van der Waals surface area contributed by atoms with E-state index in [0.717, 1.165) is 0 Å². The van der Waals surface area contributed by atoms with Crippen molar-refractivity contribution in [2.24, 2.45) is 7.05 Å². The number of aromatic nitrogens is 4. The van der Waals surface area contributed by atoms with Crippen LogP contribution in [-0.4, -0.2) is 50.4 Å². The Balaban J connectivity index is 2.27. The first-order chi connectivity index (χ1) is 7.08. The second-order valence-electron chi connectivity index (χ2n) is 2.54. The second-order valence-corrected chi connectivity index (χ2v) is 2.54. The first-order valence-corrected chi connectivity index (χ1v) is 3.91. The van der Waals surface area contributed by atoms with Gasteiger partial charge in [0.2, 0.25) is 0 Å². The Hall–Kier alpha value is -2.03. The molecule has 0 spiro atoms. The summed E-state index contributed by atoms with van der Waals surface area (Å²) in [5.41, 5.74) is 0. The molecule has 0 saturated heterocycles. The fraction of sp³-hybridized carbons (Fsp3) is 0.500. The summed E-state index contributed by atoms with van der Waals surface area (Å²) in [6.45, 7) is -0.897. The van der Waals surface area contributed by atoms with Gasteiger partial charge in [0.05, 0.1) is 7.05 Å². The van der Waals surface area contributed by atoms with E-state index in [0.29, 0.717) is 0 Å². The third-order valence-corrected chi connectivity index (χ3v) is 1.22. The van der Waals surface area contributed by atoms with Crippen molar-refractivity contribution in [1.29, 1.82) is 0 Å². The monoisotopic (exact) mass is 215 g/mol. The molecule has 0 atom stereocenters. The third-order valence-electron chi connectivity index (χ3n) is 1.22. The van der Waals surface area contributed by atoms with Crippen molar-refractivity contribution in [2.75, 3.05) is 18.5 Å². The van der Waals surface area contributed by atoms with Gasteiger partial charge in [-0.3, -0.25) is 10.1 Å². The first kappa shape index (κ1) is 11.0. The minimum atomic E-state index is -1.14. The number of carbonyl (C=O) groups is 2. The Morgan fingerprint density at radius 3 is 2.80 bits per heavy atom. The number of hydrogen-bond donors (Lipinski definition) is 2. The summed E-state index contributed by atoms with van der Waals surface area (Å²) in [5, 5.41) is 21.2. The summed E-state index contributed by atoms with van der Waals surface area (Å²) in [4.78, 5) is 22.3. The summed E-state index contributed by atoms with van der Waals surface area (Å²) in [6, 6.07) is 0. The average molecular weight is 215 g/mol. The quantitative estimate of drug-likeness (QED) is 0.597. The largest absolute Gasteiger partial charge is 0.480 e. The van der Waals surface area contributed by atoms with Gasteiger partial charge in [-0.2, -0.15) is 4.80 Å². The van der Waals surface area contributed by atoms with Crippen LogP contribution in [0.1, 0.15) is 0 Å². The number of amides is 1. The number of carboxylic acid groups (broad SMARTS) is 1. The fourth-order valence-electron chi connectivity index (χ4n) is 0.726. The van der Waals surface area contributed by atoms with Crippen LogP contribution in [0.25, 0.3) is 0 Å². The second kappa shape index (κ2) is 5.00. The van der Waals surface area contributed by atoms with Crippen molar-refractivity contribution in [3.8, 4) is 0 Å². The average Bonchev–Trinajstić information content (AvgIpc) is 2.50. The molecular weight excluding hydrogens is 206 g/mol. The number of ether oxygens (including phenoxy) is 1. The Morgan fingerprint density at radius 1 is 1.53 bits per heavy atom. The van der Waals surface area contributed by atoms with Crippen LogP contribution < -0.4 is 5.32 Å². The standard InChI is InChI=1S/C6H9N5O4/c1-11-9-6(8-10-11)7-4(12)2-15-3-5(13)14/h2-3H2,1H3,(H,13,14)(H,7,9,12). The van der Waals surface area contributed by atoms with Crippen molar-refractivity contribution in [1.82, 2.24) is 20.2 Å². The number of hydrogen-bond acceptors (Lipinski definition) is 6. The van der Waals surface area contributed by atoms with E-state index < -0.39 is 18.5 Å². The molecule has 1 heterocycles. The van der Waals surface area contributed by atoms with Crippen LogP contribution in [0.4, 0.5) is 5.95 Å². The molecule has 0 aliphatic heterocycles. The van der Waals surface area contributed by atoms with Gasteiger partial charge in [-0.25, -0.2) is 4.79 Å². The van der Waals surface area contributed by atoms with Crippen LogP contribution >= 0.6 is 0 Å². The van der Waals surface area contributed by atoms with Gasteiger partial charge in [-0.1, -0.05) is 5.10 Å². The molecule has 0 aliphatic carbocycles. The normalized spacial score (nSPS) is 9.93. The Labute approximate surface area is 84.0 Å². The molecule has 1 rings (SSSR count). The molecule has 1 aromatic rings. The summed E-state index contributed by atoms with van der Waals surface area (Å²) < 4.78 is 4.54. The van der Waals surface area contributed by atoms with Gasteiger partial charge in [0, 0.05) is 0 Å². The molecule has 0 aromatic carbocycles. The van der Waals surface area contributed by atoms with E-state index >= 15 is 0 Å². The molecule has 2 N–H and O–H groups in total. The third kappa shape index (κ3) is 4.13. The van der Waals surface area contributed by atoms with Crippen LogP contribution in [-0.2, 0) is 21.4 Å². The SMILES string of the molecule is Cn1nnc(NC(=O)COCC(=O)O)n1. The number of aliphatic carboxylic acids is 1. The van der Waals surface area contributed by atoms with Crippen molar-refractivity contribution in [2.45, 2.75) is 0 Å². The highest BCUT2D eigenvalue weighted by Crippen LogP contribution is 1.91. The predicted molar refractivity (Wildman–Crippen MR) is 45.9 cm³/mol. The maximum absolute atomic E-state index is 11.1. The number of carboxylic acids is 1. The van der Waals surface area contributed by atoms with Gasteiger partial charge in [0.15, 0.2) is 0 Å². The number of carbonyl (C=O) groups excluding carboxylic acids is 1. The molecule has 0 unspecified atom stereocenters. The maximum Gasteiger partial charge on any atom is 0.329 e. The van der Waals surface area contributed by atoms with Crippen LogP contribution in [0.15, 0.2) is 0 Å². The van der Waals surface area contributed by atoms with Gasteiger partial charge in [-0.15, -0.1) is 5.10 Å². The van der Waals surface area contributed by atoms with Gasteiger partial charge < -0.3 is 9.84 Å². The Kier molecular flexibility index (Phi) is 3.68. The summed E-state index contributed by atoms with van der Waals surface area (Å²) in [7, 11) is 1.55. The molecule has 0 bridgehead atoms. The van der Waals surface area contributed by atoms with Crippen LogP contribution in [0, 0.1) is 0 Å². The molecule has 9 nitrogen and oxygen atoms in total. The maximum atomic E-state index is 11.1. The van der Waals surface area contributed by atoms with Crippen molar-refractivity contribution >= 4 is 17.8 Å². The molecular formula is C6H9N5O4. The van der Waals surface area contributed by atoms with Crippen LogP contribution in [0.3, 0.4) is 0 Å². The topological polar surface area (TPSA) is 119 Å². The number of anilines is 1. The van der Waals surface area contributed by atoms with E-state index in [1.807, 2.05) is 0 Å². The summed E-state index contributed by atoms with van der Waals surface area (Å²) in [6.07, 6.45) is 0. The molecule has 0 radical (unpaired) electrons. The zero-order valence-electron chi connectivity index (χ0n) is 7.88. The van der Waals surface area contributed by atoms with E-state index in [4.69, 9.17) is 5.11 Å². The number of tetrazole rings is 1. The van der Waals surface area contributed by atoms with Gasteiger partial charge in [0.1, 0.15) is 13.2 Å². The zero-order valence-corrected chi connectivity index (χ0v) is 7.88. The van der Waals surface area contributed by atoms with E-state index in [1.54, 1.807) is 7.05 Å². The number of rotatable bonds is 5. The van der Waals surface area contributed by atoms with Crippen LogP contribution in [0.2, 0.25) is 0 Å². The van der Waals surface area contributed by atoms with Gasteiger partial charge in [-0.05, 0) is 5.21 Å². The van der Waals surface area contributed by atoms with E-state index in [2.05, 4.69) is 25.5 Å². The number of aryl methyl sites for hydroxylation is 1. The van der Waals surface area contributed by atoms with Crippen molar-refractivity contribution in [3.05, 3.63) is 0 Å². The number of nitrogens with zero attached hydrogens (tertiary/aromatic N) is 4. The number of nitrogens with one attached hydrogen (secondary N) is 1. The Bertz CT molecular complexity index is 362. The van der Waals surface area contributed by atoms with Gasteiger partial charge in [0.25, 0.3) is 11.9 Å². The molecule has 1 amide bonds. The van der Waals surface area contributed by atoms with E-state index in [9.17, 15) is 9.59 Å². The lowest BCUT2D eigenvalue weighted by Crippen LogP contribution is -2.21. The van der Waals surface area contributed by atoms with Crippen molar-refractivity contribution in [3.63, 3.8) is 0 Å². The smallest absolute Gasteiger partial charge is 0.329 e. The predicted octanol–water partition coefficient (Wildman–Crippen LogP) is -1.75. The molecule has 15 heavy (non-hydrogen) atoms. The highest BCUT2D eigenvalue weighted by molar-refractivity contribution is 5.89. The zero-order chi connectivity index (χ0) is 11.3. The molecule has 1 aromatic heterocycles. The minimum absolute atomic E-state index is 0.0430. The van der Waals surface area contributed by atoms with E-state index in [-0.39, 0.29) is 12.6 Å². The highest BCUT2D eigenvalue weighted by Gasteiger charge is 2.07. The highest BCUT2D eigenvalue weighted by atomic mass is 16.5. The van der Waals surface area contributed by atoms with E-state index in [1.165, 1.54) is 4.80 Å². The molecule has 0 aliphatic rings. The minimum Gasteiger partial charge on any atom is -0.480 e. The molecule has 9 heteroatoms. The summed E-state index contributed by atoms with van der Waals surface area (Å²) in [5.74, 6) is -1.63. The molecule has 0 saturated carbocycles.